The van der Waals surface area contributed by atoms with Gasteiger partial charge in [-0.15, -0.1) is 0 Å². The third kappa shape index (κ3) is 2.49. The van der Waals surface area contributed by atoms with Gasteiger partial charge < -0.3 is 5.73 Å². The van der Waals surface area contributed by atoms with E-state index in [1.165, 1.54) is 12.1 Å². The number of alkyl halides is 3. The second-order valence-electron chi connectivity index (χ2n) is 4.32. The van der Waals surface area contributed by atoms with Gasteiger partial charge in [-0.05, 0) is 24.6 Å². The van der Waals surface area contributed by atoms with Crippen molar-refractivity contribution in [2.24, 2.45) is 5.73 Å². The van der Waals surface area contributed by atoms with Crippen molar-refractivity contribution in [3.63, 3.8) is 0 Å². The molecule has 0 radical (unpaired) electrons. The molecule has 0 amide bonds. The van der Waals surface area contributed by atoms with Crippen molar-refractivity contribution in [2.75, 3.05) is 0 Å². The fourth-order valence-electron chi connectivity index (χ4n) is 2.02. The molecule has 4 nitrogen and oxygen atoms in total. The predicted molar refractivity (Wildman–Crippen MR) is 68.7 cm³/mol. The van der Waals surface area contributed by atoms with E-state index in [9.17, 15) is 18.0 Å². The van der Waals surface area contributed by atoms with Crippen molar-refractivity contribution in [1.29, 1.82) is 0 Å². The summed E-state index contributed by atoms with van der Waals surface area (Å²) in [5.41, 5.74) is 5.45. The SMILES string of the molecule is CCc1[nH]n(-c2cccc(C(F)(F)F)c2)c(=O)c1CN. The van der Waals surface area contributed by atoms with Gasteiger partial charge in [0.15, 0.2) is 0 Å². The summed E-state index contributed by atoms with van der Waals surface area (Å²) >= 11 is 0. The van der Waals surface area contributed by atoms with Crippen LogP contribution in [0, 0.1) is 0 Å². The molecule has 3 N–H and O–H groups in total. The molecule has 108 valence electrons. The maximum atomic E-state index is 12.7. The van der Waals surface area contributed by atoms with Gasteiger partial charge in [-0.3, -0.25) is 9.89 Å². The molecule has 0 aliphatic carbocycles. The van der Waals surface area contributed by atoms with E-state index in [1.54, 1.807) is 0 Å². The van der Waals surface area contributed by atoms with Crippen LogP contribution in [0.4, 0.5) is 13.2 Å². The minimum Gasteiger partial charge on any atom is -0.326 e. The number of halogens is 3. The van der Waals surface area contributed by atoms with Crippen LogP contribution in [0.3, 0.4) is 0 Å². The zero-order chi connectivity index (χ0) is 14.9. The second-order valence-corrected chi connectivity index (χ2v) is 4.32. The van der Waals surface area contributed by atoms with E-state index in [0.29, 0.717) is 17.7 Å². The topological polar surface area (TPSA) is 63.8 Å². The maximum absolute atomic E-state index is 12.7. The number of aryl methyl sites for hydroxylation is 1. The number of benzene rings is 1. The van der Waals surface area contributed by atoms with E-state index < -0.39 is 17.3 Å². The van der Waals surface area contributed by atoms with Gasteiger partial charge >= 0.3 is 6.18 Å². The summed E-state index contributed by atoms with van der Waals surface area (Å²) in [5, 5.41) is 2.80. The van der Waals surface area contributed by atoms with E-state index in [0.717, 1.165) is 16.8 Å². The highest BCUT2D eigenvalue weighted by Gasteiger charge is 2.30. The predicted octanol–water partition coefficient (Wildman–Crippen LogP) is 2.21. The fraction of sp³-hybridized carbons (Fsp3) is 0.308. The number of hydrogen-bond acceptors (Lipinski definition) is 2. The molecule has 1 aromatic heterocycles. The smallest absolute Gasteiger partial charge is 0.326 e. The number of nitrogens with zero attached hydrogens (tertiary/aromatic N) is 1. The monoisotopic (exact) mass is 285 g/mol. The van der Waals surface area contributed by atoms with Gasteiger partial charge in [0.1, 0.15) is 0 Å². The van der Waals surface area contributed by atoms with Gasteiger partial charge in [-0.2, -0.15) is 13.2 Å². The van der Waals surface area contributed by atoms with Crippen molar-refractivity contribution < 1.29 is 13.2 Å². The lowest BCUT2D eigenvalue weighted by atomic mass is 10.2. The molecular formula is C13H14F3N3O. The number of nitrogens with one attached hydrogen (secondary N) is 1. The second kappa shape index (κ2) is 5.16. The Labute approximate surface area is 113 Å². The molecular weight excluding hydrogens is 271 g/mol. The van der Waals surface area contributed by atoms with Crippen LogP contribution in [0.5, 0.6) is 0 Å². The summed E-state index contributed by atoms with van der Waals surface area (Å²) in [5.74, 6) is 0. The molecule has 0 aliphatic heterocycles. The van der Waals surface area contributed by atoms with Crippen LogP contribution in [0.1, 0.15) is 23.7 Å². The largest absolute Gasteiger partial charge is 0.416 e. The van der Waals surface area contributed by atoms with Crippen LogP contribution in [0.2, 0.25) is 0 Å². The Kier molecular flexibility index (Phi) is 3.71. The van der Waals surface area contributed by atoms with Gasteiger partial charge in [0.2, 0.25) is 0 Å². The van der Waals surface area contributed by atoms with Crippen molar-refractivity contribution in [3.05, 3.63) is 51.4 Å². The number of aromatic nitrogens is 2. The molecule has 7 heteroatoms. The van der Waals surface area contributed by atoms with E-state index in [1.807, 2.05) is 6.92 Å². The molecule has 0 spiro atoms. The molecule has 0 aliphatic rings. The van der Waals surface area contributed by atoms with Crippen LogP contribution in [0.15, 0.2) is 29.1 Å². The Balaban J connectivity index is 2.58. The highest BCUT2D eigenvalue weighted by Crippen LogP contribution is 2.30. The number of aromatic amines is 1. The minimum atomic E-state index is -4.45. The van der Waals surface area contributed by atoms with Crippen molar-refractivity contribution in [3.8, 4) is 5.69 Å². The molecule has 0 bridgehead atoms. The molecule has 2 aromatic rings. The molecule has 0 atom stereocenters. The van der Waals surface area contributed by atoms with Gasteiger partial charge in [0.25, 0.3) is 5.56 Å². The first-order chi connectivity index (χ1) is 9.38. The number of hydrogen-bond donors (Lipinski definition) is 2. The molecule has 0 saturated carbocycles. The van der Waals surface area contributed by atoms with Crippen LogP contribution in [0.25, 0.3) is 5.69 Å². The Morgan fingerprint density at radius 1 is 1.35 bits per heavy atom. The highest BCUT2D eigenvalue weighted by molar-refractivity contribution is 5.37. The van der Waals surface area contributed by atoms with Crippen LogP contribution in [-0.4, -0.2) is 9.78 Å². The third-order valence-corrected chi connectivity index (χ3v) is 3.06. The summed E-state index contributed by atoms with van der Waals surface area (Å²) in [6, 6.07) is 4.59. The van der Waals surface area contributed by atoms with Crippen molar-refractivity contribution in [1.82, 2.24) is 9.78 Å². The average molecular weight is 285 g/mol. The van der Waals surface area contributed by atoms with E-state index >= 15 is 0 Å². The van der Waals surface area contributed by atoms with E-state index in [2.05, 4.69) is 5.10 Å². The van der Waals surface area contributed by atoms with Gasteiger partial charge in [-0.1, -0.05) is 13.0 Å². The summed E-state index contributed by atoms with van der Waals surface area (Å²) in [6.45, 7) is 1.88. The first-order valence-electron chi connectivity index (χ1n) is 6.09. The number of rotatable bonds is 3. The lowest BCUT2D eigenvalue weighted by Gasteiger charge is -2.08. The minimum absolute atomic E-state index is 0.0461. The van der Waals surface area contributed by atoms with Gasteiger partial charge in [0, 0.05) is 12.2 Å². The first-order valence-corrected chi connectivity index (χ1v) is 6.09. The van der Waals surface area contributed by atoms with Crippen molar-refractivity contribution >= 4 is 0 Å². The standard InChI is InChI=1S/C13H14F3N3O/c1-2-11-10(7-17)12(20)19(18-11)9-5-3-4-8(6-9)13(14,15)16/h3-6,18H,2,7,17H2,1H3. The molecule has 2 rings (SSSR count). The molecule has 0 saturated heterocycles. The van der Waals surface area contributed by atoms with E-state index in [4.69, 9.17) is 5.73 Å². The number of nitrogens with two attached hydrogens (primary N) is 1. The normalized spacial score (nSPS) is 11.8. The molecule has 0 unspecified atom stereocenters. The first kappa shape index (κ1) is 14.4. The Morgan fingerprint density at radius 2 is 2.05 bits per heavy atom. The summed E-state index contributed by atoms with van der Waals surface area (Å²) < 4.78 is 39.1. The summed E-state index contributed by atoms with van der Waals surface area (Å²) in [6.07, 6.45) is -3.90. The van der Waals surface area contributed by atoms with E-state index in [-0.39, 0.29) is 12.2 Å². The molecule has 20 heavy (non-hydrogen) atoms. The number of H-pyrrole nitrogens is 1. The van der Waals surface area contributed by atoms with Crippen LogP contribution in [-0.2, 0) is 19.1 Å². The fourth-order valence-corrected chi connectivity index (χ4v) is 2.02. The summed E-state index contributed by atoms with van der Waals surface area (Å²) in [4.78, 5) is 12.1. The highest BCUT2D eigenvalue weighted by atomic mass is 19.4. The maximum Gasteiger partial charge on any atom is 0.416 e. The van der Waals surface area contributed by atoms with Crippen LogP contribution >= 0.6 is 0 Å². The zero-order valence-electron chi connectivity index (χ0n) is 10.8. The van der Waals surface area contributed by atoms with Crippen LogP contribution < -0.4 is 11.3 Å². The van der Waals surface area contributed by atoms with Gasteiger partial charge in [-0.25, -0.2) is 4.68 Å². The quantitative estimate of drug-likeness (QED) is 0.908. The summed E-state index contributed by atoms with van der Waals surface area (Å²) in [7, 11) is 0. The Morgan fingerprint density at radius 3 is 2.55 bits per heavy atom. The Bertz CT molecular complexity index is 670. The van der Waals surface area contributed by atoms with Crippen molar-refractivity contribution in [2.45, 2.75) is 26.1 Å². The molecule has 0 fully saturated rings. The lowest BCUT2D eigenvalue weighted by Crippen LogP contribution is -2.19. The third-order valence-electron chi connectivity index (χ3n) is 3.06. The lowest BCUT2D eigenvalue weighted by molar-refractivity contribution is -0.137. The molecule has 1 heterocycles. The molecule has 1 aromatic carbocycles. The average Bonchev–Trinajstić information content (AvgIpc) is 2.74. The Hall–Kier alpha value is -2.02. The van der Waals surface area contributed by atoms with Gasteiger partial charge in [0.05, 0.1) is 16.8 Å². The zero-order valence-corrected chi connectivity index (χ0v) is 10.8.